The fourth-order valence-electron chi connectivity index (χ4n) is 3.06. The zero-order chi connectivity index (χ0) is 19.1. The average Bonchev–Trinajstić information content (AvgIpc) is 2.66. The molecule has 0 radical (unpaired) electrons. The maximum atomic E-state index is 12.0. The molecule has 1 heterocycles. The monoisotopic (exact) mass is 388 g/mol. The quantitative estimate of drug-likeness (QED) is 0.791. The van der Waals surface area contributed by atoms with Gasteiger partial charge in [-0.15, -0.1) is 0 Å². The lowest BCUT2D eigenvalue weighted by atomic mass is 10.1. The molecule has 1 saturated heterocycles. The molecule has 3 rings (SSSR count). The number of halogens is 1. The van der Waals surface area contributed by atoms with E-state index in [1.54, 1.807) is 24.3 Å². The van der Waals surface area contributed by atoms with Crippen LogP contribution < -0.4 is 10.1 Å². The molecule has 2 aromatic rings. The van der Waals surface area contributed by atoms with Gasteiger partial charge in [-0.25, -0.2) is 0 Å². The van der Waals surface area contributed by atoms with Crippen molar-refractivity contribution in [2.24, 2.45) is 0 Å². The van der Waals surface area contributed by atoms with Crippen LogP contribution in [-0.2, 0) is 22.6 Å². The third kappa shape index (κ3) is 6.54. The molecule has 0 saturated carbocycles. The molecular formula is C21H25ClN2O3. The van der Waals surface area contributed by atoms with Crippen LogP contribution in [0.1, 0.15) is 18.1 Å². The van der Waals surface area contributed by atoms with Crippen LogP contribution in [0.4, 0.5) is 0 Å². The molecule has 1 aliphatic heterocycles. The van der Waals surface area contributed by atoms with Crippen molar-refractivity contribution in [1.29, 1.82) is 0 Å². The standard InChI is InChI=1S/C21H25ClN2O3/c1-16-13-24(9-10-26-16)14-18-4-2-3-17(11-18)12-23-21(25)15-27-20-7-5-19(22)6-8-20/h2-8,11,16H,9-10,12-15H2,1H3,(H,23,25). The van der Waals surface area contributed by atoms with Crippen molar-refractivity contribution in [2.75, 3.05) is 26.3 Å². The first-order chi connectivity index (χ1) is 13.1. The summed E-state index contributed by atoms with van der Waals surface area (Å²) in [6.07, 6.45) is 0.280. The van der Waals surface area contributed by atoms with Crippen LogP contribution in [0.3, 0.4) is 0 Å². The van der Waals surface area contributed by atoms with Crippen molar-refractivity contribution in [3.63, 3.8) is 0 Å². The van der Waals surface area contributed by atoms with E-state index in [9.17, 15) is 4.79 Å². The molecule has 0 aliphatic carbocycles. The molecule has 1 atom stereocenters. The van der Waals surface area contributed by atoms with E-state index in [0.717, 1.165) is 31.8 Å². The van der Waals surface area contributed by atoms with Gasteiger partial charge >= 0.3 is 0 Å². The molecule has 0 spiro atoms. The Morgan fingerprint density at radius 2 is 2.04 bits per heavy atom. The van der Waals surface area contributed by atoms with E-state index in [0.29, 0.717) is 17.3 Å². The van der Waals surface area contributed by atoms with Gasteiger partial charge in [-0.1, -0.05) is 35.9 Å². The zero-order valence-electron chi connectivity index (χ0n) is 15.5. The van der Waals surface area contributed by atoms with Gasteiger partial charge in [-0.3, -0.25) is 9.69 Å². The van der Waals surface area contributed by atoms with Gasteiger partial charge in [-0.05, 0) is 42.3 Å². The van der Waals surface area contributed by atoms with E-state index in [4.69, 9.17) is 21.1 Å². The lowest BCUT2D eigenvalue weighted by Crippen LogP contribution is -2.40. The normalized spacial score (nSPS) is 17.5. The molecule has 0 bridgehead atoms. The molecule has 5 nitrogen and oxygen atoms in total. The van der Waals surface area contributed by atoms with Gasteiger partial charge in [-0.2, -0.15) is 0 Å². The fraction of sp³-hybridized carbons (Fsp3) is 0.381. The first-order valence-corrected chi connectivity index (χ1v) is 9.53. The third-order valence-electron chi connectivity index (χ3n) is 4.40. The molecule has 1 amide bonds. The lowest BCUT2D eigenvalue weighted by Gasteiger charge is -2.31. The summed E-state index contributed by atoms with van der Waals surface area (Å²) >= 11 is 5.83. The molecule has 27 heavy (non-hydrogen) atoms. The molecule has 1 fully saturated rings. The Labute approximate surface area is 165 Å². The van der Waals surface area contributed by atoms with Crippen molar-refractivity contribution >= 4 is 17.5 Å². The first-order valence-electron chi connectivity index (χ1n) is 9.15. The van der Waals surface area contributed by atoms with E-state index < -0.39 is 0 Å². The van der Waals surface area contributed by atoms with Gasteiger partial charge in [0.15, 0.2) is 6.61 Å². The number of morpholine rings is 1. The molecule has 1 unspecified atom stereocenters. The summed E-state index contributed by atoms with van der Waals surface area (Å²) in [5, 5.41) is 3.53. The molecule has 0 aromatic heterocycles. The highest BCUT2D eigenvalue weighted by Crippen LogP contribution is 2.15. The van der Waals surface area contributed by atoms with E-state index in [1.165, 1.54) is 5.56 Å². The largest absolute Gasteiger partial charge is 0.484 e. The molecule has 1 aliphatic rings. The first kappa shape index (κ1) is 19.7. The maximum Gasteiger partial charge on any atom is 0.258 e. The van der Waals surface area contributed by atoms with Crippen LogP contribution in [0.15, 0.2) is 48.5 Å². The van der Waals surface area contributed by atoms with Crippen LogP contribution >= 0.6 is 11.6 Å². The highest BCUT2D eigenvalue weighted by Gasteiger charge is 2.16. The minimum atomic E-state index is -0.155. The topological polar surface area (TPSA) is 50.8 Å². The van der Waals surface area contributed by atoms with Crippen molar-refractivity contribution in [2.45, 2.75) is 26.1 Å². The number of carbonyl (C=O) groups is 1. The van der Waals surface area contributed by atoms with Crippen LogP contribution in [0.2, 0.25) is 5.02 Å². The fourth-order valence-corrected chi connectivity index (χ4v) is 3.19. The van der Waals surface area contributed by atoms with Crippen LogP contribution in [0, 0.1) is 0 Å². The number of ether oxygens (including phenoxy) is 2. The number of benzene rings is 2. The number of carbonyl (C=O) groups excluding carboxylic acids is 1. The summed E-state index contributed by atoms with van der Waals surface area (Å²) in [7, 11) is 0. The summed E-state index contributed by atoms with van der Waals surface area (Å²) in [6.45, 7) is 6.14. The van der Waals surface area contributed by atoms with Gasteiger partial charge in [0.25, 0.3) is 5.91 Å². The second-order valence-corrected chi connectivity index (χ2v) is 7.19. The SMILES string of the molecule is CC1CN(Cc2cccc(CNC(=O)COc3ccc(Cl)cc3)c2)CCO1. The van der Waals surface area contributed by atoms with Crippen LogP contribution in [-0.4, -0.2) is 43.2 Å². The smallest absolute Gasteiger partial charge is 0.258 e. The summed E-state index contributed by atoms with van der Waals surface area (Å²) in [6, 6.07) is 15.3. The van der Waals surface area contributed by atoms with Gasteiger partial charge in [0.1, 0.15) is 5.75 Å². The number of hydrogen-bond donors (Lipinski definition) is 1. The van der Waals surface area contributed by atoms with Crippen molar-refractivity contribution in [3.05, 3.63) is 64.7 Å². The number of hydrogen-bond acceptors (Lipinski definition) is 4. The molecular weight excluding hydrogens is 364 g/mol. The van der Waals surface area contributed by atoms with E-state index in [1.807, 2.05) is 12.1 Å². The maximum absolute atomic E-state index is 12.0. The number of nitrogens with zero attached hydrogens (tertiary/aromatic N) is 1. The molecule has 144 valence electrons. The highest BCUT2D eigenvalue weighted by atomic mass is 35.5. The summed E-state index contributed by atoms with van der Waals surface area (Å²) in [5.41, 5.74) is 2.32. The number of amides is 1. The van der Waals surface area contributed by atoms with Gasteiger partial charge in [0.05, 0.1) is 12.7 Å². The summed E-state index contributed by atoms with van der Waals surface area (Å²) in [5.74, 6) is 0.466. The van der Waals surface area contributed by atoms with Crippen LogP contribution in [0.5, 0.6) is 5.75 Å². The predicted octanol–water partition coefficient (Wildman–Crippen LogP) is 3.26. The van der Waals surface area contributed by atoms with E-state index in [-0.39, 0.29) is 18.6 Å². The third-order valence-corrected chi connectivity index (χ3v) is 4.65. The Morgan fingerprint density at radius 3 is 2.81 bits per heavy atom. The van der Waals surface area contributed by atoms with Crippen molar-refractivity contribution in [1.82, 2.24) is 10.2 Å². The van der Waals surface area contributed by atoms with Crippen LogP contribution in [0.25, 0.3) is 0 Å². The van der Waals surface area contributed by atoms with Gasteiger partial charge in [0.2, 0.25) is 0 Å². The average molecular weight is 389 g/mol. The van der Waals surface area contributed by atoms with Gasteiger partial charge < -0.3 is 14.8 Å². The summed E-state index contributed by atoms with van der Waals surface area (Å²) < 4.78 is 11.0. The van der Waals surface area contributed by atoms with Gasteiger partial charge in [0, 0.05) is 31.2 Å². The molecule has 1 N–H and O–H groups in total. The Hall–Kier alpha value is -2.08. The Balaban J connectivity index is 1.44. The van der Waals surface area contributed by atoms with Crippen molar-refractivity contribution < 1.29 is 14.3 Å². The number of nitrogens with one attached hydrogen (secondary N) is 1. The summed E-state index contributed by atoms with van der Waals surface area (Å²) in [4.78, 5) is 14.4. The zero-order valence-corrected chi connectivity index (χ0v) is 16.2. The van der Waals surface area contributed by atoms with Crippen molar-refractivity contribution in [3.8, 4) is 5.75 Å². The highest BCUT2D eigenvalue weighted by molar-refractivity contribution is 6.30. The second kappa shape index (κ2) is 9.74. The Morgan fingerprint density at radius 1 is 1.26 bits per heavy atom. The minimum absolute atomic E-state index is 0.0208. The Bertz CT molecular complexity index is 751. The predicted molar refractivity (Wildman–Crippen MR) is 106 cm³/mol. The minimum Gasteiger partial charge on any atom is -0.484 e. The number of rotatable bonds is 7. The molecule has 6 heteroatoms. The van der Waals surface area contributed by atoms with E-state index in [2.05, 4.69) is 29.3 Å². The lowest BCUT2D eigenvalue weighted by molar-refractivity contribution is -0.123. The molecule has 2 aromatic carbocycles. The van der Waals surface area contributed by atoms with E-state index >= 15 is 0 Å². The second-order valence-electron chi connectivity index (χ2n) is 6.76. The Kier molecular flexibility index (Phi) is 7.10.